The van der Waals surface area contributed by atoms with Crippen LogP contribution in [0.4, 0.5) is 16.2 Å². The number of amides is 1. The molecule has 35 heavy (non-hydrogen) atoms. The van der Waals surface area contributed by atoms with Crippen molar-refractivity contribution in [1.82, 2.24) is 24.8 Å². The van der Waals surface area contributed by atoms with Crippen LogP contribution in [0.25, 0.3) is 22.6 Å². The lowest BCUT2D eigenvalue weighted by Crippen LogP contribution is -2.38. The van der Waals surface area contributed by atoms with Crippen molar-refractivity contribution in [1.29, 1.82) is 0 Å². The Balaban J connectivity index is 1.30. The van der Waals surface area contributed by atoms with Crippen molar-refractivity contribution >= 4 is 40.4 Å². The quantitative estimate of drug-likeness (QED) is 0.435. The van der Waals surface area contributed by atoms with Gasteiger partial charge in [0.05, 0.1) is 0 Å². The van der Waals surface area contributed by atoms with Crippen LogP contribution in [0, 0.1) is 5.82 Å². The topological polar surface area (TPSA) is 113 Å². The number of rotatable bonds is 5. The first-order valence-corrected chi connectivity index (χ1v) is 11.5. The van der Waals surface area contributed by atoms with Gasteiger partial charge in [-0.3, -0.25) is 4.79 Å². The standard InChI is InChI=1S/C24H23ClFN7O2/c25-16-4-8-18(9-5-16)35-14-19(34)32-10-1-11-33(13-12-32)23-20-22(30-24(27)31-23)29-21(28-20)15-2-6-17(26)7-3-15/h2-9H,1,10-14H2,(H3,27,28,29,30,31). The molecular weight excluding hydrogens is 473 g/mol. The highest BCUT2D eigenvalue weighted by molar-refractivity contribution is 6.30. The summed E-state index contributed by atoms with van der Waals surface area (Å²) >= 11 is 5.89. The van der Waals surface area contributed by atoms with Gasteiger partial charge in [0, 0.05) is 36.8 Å². The average Bonchev–Trinajstić information content (AvgIpc) is 3.12. The van der Waals surface area contributed by atoms with E-state index in [-0.39, 0.29) is 24.3 Å². The van der Waals surface area contributed by atoms with Gasteiger partial charge in [-0.05, 0) is 55.0 Å². The highest BCUT2D eigenvalue weighted by Gasteiger charge is 2.23. The second-order valence-corrected chi connectivity index (χ2v) is 8.60. The number of carbonyl (C=O) groups is 1. The smallest absolute Gasteiger partial charge is 0.260 e. The largest absolute Gasteiger partial charge is 0.484 e. The number of benzene rings is 2. The van der Waals surface area contributed by atoms with Gasteiger partial charge in [0.2, 0.25) is 5.95 Å². The first-order valence-electron chi connectivity index (χ1n) is 11.2. The van der Waals surface area contributed by atoms with Crippen LogP contribution < -0.4 is 15.4 Å². The van der Waals surface area contributed by atoms with Crippen LogP contribution in [0.5, 0.6) is 5.75 Å². The molecule has 0 saturated carbocycles. The predicted octanol–water partition coefficient (Wildman–Crippen LogP) is 3.51. The third-order valence-corrected chi connectivity index (χ3v) is 6.04. The summed E-state index contributed by atoms with van der Waals surface area (Å²) in [5.41, 5.74) is 7.77. The lowest BCUT2D eigenvalue weighted by atomic mass is 10.2. The molecular formula is C24H23ClFN7O2. The Bertz CT molecular complexity index is 1340. The number of aromatic nitrogens is 4. The molecule has 0 unspecified atom stereocenters. The van der Waals surface area contributed by atoms with Crippen molar-refractivity contribution in [2.24, 2.45) is 0 Å². The fourth-order valence-electron chi connectivity index (χ4n) is 4.02. The molecule has 1 amide bonds. The second kappa shape index (κ2) is 9.75. The van der Waals surface area contributed by atoms with E-state index < -0.39 is 0 Å². The maximum absolute atomic E-state index is 13.3. The van der Waals surface area contributed by atoms with E-state index >= 15 is 0 Å². The molecule has 2 aromatic heterocycles. The molecule has 0 atom stereocenters. The number of nitrogens with one attached hydrogen (secondary N) is 1. The summed E-state index contributed by atoms with van der Waals surface area (Å²) in [6.07, 6.45) is 0.747. The van der Waals surface area contributed by atoms with Crippen LogP contribution in [0.1, 0.15) is 6.42 Å². The van der Waals surface area contributed by atoms with Crippen molar-refractivity contribution in [3.8, 4) is 17.1 Å². The lowest BCUT2D eigenvalue weighted by Gasteiger charge is -2.23. The average molecular weight is 496 g/mol. The Kier molecular flexibility index (Phi) is 6.37. The normalized spacial score (nSPS) is 14.2. The second-order valence-electron chi connectivity index (χ2n) is 8.16. The van der Waals surface area contributed by atoms with Crippen molar-refractivity contribution in [2.45, 2.75) is 6.42 Å². The zero-order valence-electron chi connectivity index (χ0n) is 18.7. The maximum atomic E-state index is 13.3. The Morgan fingerprint density at radius 1 is 1.03 bits per heavy atom. The highest BCUT2D eigenvalue weighted by Crippen LogP contribution is 2.27. The molecule has 1 aliphatic rings. The van der Waals surface area contributed by atoms with Gasteiger partial charge >= 0.3 is 0 Å². The SMILES string of the molecule is Nc1nc(N2CCCN(C(=O)COc3ccc(Cl)cc3)CC2)c2[nH]c(-c3ccc(F)cc3)nc2n1. The van der Waals surface area contributed by atoms with Crippen LogP contribution in [0.2, 0.25) is 5.02 Å². The predicted molar refractivity (Wildman–Crippen MR) is 132 cm³/mol. The number of aromatic amines is 1. The number of nitrogens with two attached hydrogens (primary N) is 1. The number of carbonyl (C=O) groups excluding carboxylic acids is 1. The minimum Gasteiger partial charge on any atom is -0.484 e. The summed E-state index contributed by atoms with van der Waals surface area (Å²) in [6, 6.07) is 12.9. The molecule has 5 rings (SSSR count). The van der Waals surface area contributed by atoms with Crippen molar-refractivity contribution in [3.05, 3.63) is 59.4 Å². The van der Waals surface area contributed by atoms with Crippen LogP contribution in [-0.4, -0.2) is 63.5 Å². The van der Waals surface area contributed by atoms with Gasteiger partial charge in [-0.15, -0.1) is 0 Å². The van der Waals surface area contributed by atoms with E-state index in [0.717, 1.165) is 12.0 Å². The summed E-state index contributed by atoms with van der Waals surface area (Å²) in [7, 11) is 0. The molecule has 1 saturated heterocycles. The monoisotopic (exact) mass is 495 g/mol. The number of halogens is 2. The molecule has 0 spiro atoms. The summed E-state index contributed by atoms with van der Waals surface area (Å²) in [6.45, 7) is 2.30. The van der Waals surface area contributed by atoms with Crippen molar-refractivity contribution < 1.29 is 13.9 Å². The summed E-state index contributed by atoms with van der Waals surface area (Å²) in [4.78, 5) is 33.1. The third-order valence-electron chi connectivity index (χ3n) is 5.79. The van der Waals surface area contributed by atoms with E-state index in [2.05, 4.69) is 24.8 Å². The van der Waals surface area contributed by atoms with Crippen LogP contribution >= 0.6 is 11.6 Å². The highest BCUT2D eigenvalue weighted by atomic mass is 35.5. The molecule has 180 valence electrons. The molecule has 1 aliphatic heterocycles. The molecule has 3 heterocycles. The molecule has 1 fully saturated rings. The number of nitrogen functional groups attached to an aromatic ring is 1. The molecule has 9 nitrogen and oxygen atoms in total. The molecule has 0 radical (unpaired) electrons. The number of hydrogen-bond acceptors (Lipinski definition) is 7. The molecule has 0 aliphatic carbocycles. The number of anilines is 2. The van der Waals surface area contributed by atoms with E-state index in [1.807, 2.05) is 0 Å². The van der Waals surface area contributed by atoms with Gasteiger partial charge < -0.3 is 25.3 Å². The van der Waals surface area contributed by atoms with E-state index in [9.17, 15) is 9.18 Å². The Morgan fingerprint density at radius 3 is 2.57 bits per heavy atom. The summed E-state index contributed by atoms with van der Waals surface area (Å²) in [5, 5.41) is 0.609. The fraction of sp³-hybridized carbons (Fsp3) is 0.250. The number of H-pyrrole nitrogens is 1. The first kappa shape index (κ1) is 22.9. The van der Waals surface area contributed by atoms with Gasteiger partial charge in [-0.25, -0.2) is 9.37 Å². The van der Waals surface area contributed by atoms with Crippen molar-refractivity contribution in [3.63, 3.8) is 0 Å². The van der Waals surface area contributed by atoms with Crippen LogP contribution in [0.3, 0.4) is 0 Å². The lowest BCUT2D eigenvalue weighted by molar-refractivity contribution is -0.133. The van der Waals surface area contributed by atoms with Gasteiger partial charge in [0.15, 0.2) is 18.1 Å². The number of ether oxygens (including phenoxy) is 1. The van der Waals surface area contributed by atoms with Crippen LogP contribution in [-0.2, 0) is 4.79 Å². The Hall–Kier alpha value is -3.92. The molecule has 11 heteroatoms. The van der Waals surface area contributed by atoms with Crippen LogP contribution in [0.15, 0.2) is 48.5 Å². The molecule has 4 aromatic rings. The summed E-state index contributed by atoms with van der Waals surface area (Å²) < 4.78 is 18.9. The molecule has 3 N–H and O–H groups in total. The number of nitrogens with zero attached hydrogens (tertiary/aromatic N) is 5. The minimum atomic E-state index is -0.322. The molecule has 2 aromatic carbocycles. The minimum absolute atomic E-state index is 0.0477. The zero-order valence-corrected chi connectivity index (χ0v) is 19.5. The molecule has 0 bridgehead atoms. The van der Waals surface area contributed by atoms with Gasteiger partial charge in [-0.1, -0.05) is 11.6 Å². The first-order chi connectivity index (χ1) is 17.0. The van der Waals surface area contributed by atoms with E-state index in [4.69, 9.17) is 22.1 Å². The zero-order chi connectivity index (χ0) is 24.4. The Labute approximate surface area is 205 Å². The summed E-state index contributed by atoms with van der Waals surface area (Å²) in [5.74, 6) is 1.46. The van der Waals surface area contributed by atoms with Gasteiger partial charge in [0.1, 0.15) is 22.9 Å². The fourth-order valence-corrected chi connectivity index (χ4v) is 4.14. The van der Waals surface area contributed by atoms with Gasteiger partial charge in [0.25, 0.3) is 5.91 Å². The third kappa shape index (κ3) is 5.12. The number of imidazole rings is 1. The van der Waals surface area contributed by atoms with E-state index in [0.29, 0.717) is 59.8 Å². The van der Waals surface area contributed by atoms with Crippen molar-refractivity contribution in [2.75, 3.05) is 43.4 Å². The maximum Gasteiger partial charge on any atom is 0.260 e. The van der Waals surface area contributed by atoms with Gasteiger partial charge in [-0.2, -0.15) is 9.97 Å². The number of fused-ring (bicyclic) bond motifs is 1. The number of hydrogen-bond donors (Lipinski definition) is 2. The Morgan fingerprint density at radius 2 is 1.80 bits per heavy atom. The van der Waals surface area contributed by atoms with E-state index in [1.165, 1.54) is 12.1 Å². The van der Waals surface area contributed by atoms with E-state index in [1.54, 1.807) is 41.3 Å².